The Labute approximate surface area is 139 Å². The lowest BCUT2D eigenvalue weighted by Crippen LogP contribution is -2.40. The number of aromatic nitrogens is 1. The minimum absolute atomic E-state index is 0.223. The van der Waals surface area contributed by atoms with Crippen molar-refractivity contribution in [2.24, 2.45) is 5.92 Å². The summed E-state index contributed by atoms with van der Waals surface area (Å²) in [7, 11) is 0. The Hall–Kier alpha value is -1.77. The molecule has 0 N–H and O–H groups in total. The Balaban J connectivity index is 2.04. The van der Waals surface area contributed by atoms with Gasteiger partial charge in [0.25, 0.3) is 5.91 Å². The van der Waals surface area contributed by atoms with Crippen molar-refractivity contribution >= 4 is 16.8 Å². The van der Waals surface area contributed by atoms with E-state index < -0.39 is 0 Å². The first kappa shape index (κ1) is 16.1. The Bertz CT molecular complexity index is 701. The minimum Gasteiger partial charge on any atom is -0.337 e. The van der Waals surface area contributed by atoms with Crippen LogP contribution in [0.25, 0.3) is 10.9 Å². The van der Waals surface area contributed by atoms with E-state index in [1.54, 1.807) is 0 Å². The van der Waals surface area contributed by atoms with Crippen LogP contribution >= 0.6 is 0 Å². The molecule has 3 nitrogen and oxygen atoms in total. The zero-order valence-corrected chi connectivity index (χ0v) is 14.6. The second-order valence-electron chi connectivity index (χ2n) is 6.99. The number of carbonyl (C=O) groups excluding carboxylic acids is 1. The van der Waals surface area contributed by atoms with E-state index in [4.69, 9.17) is 0 Å². The van der Waals surface area contributed by atoms with E-state index >= 15 is 0 Å². The predicted molar refractivity (Wildman–Crippen MR) is 95.9 cm³/mol. The fourth-order valence-electron chi connectivity index (χ4n) is 3.82. The molecule has 0 radical (unpaired) electrons. The van der Waals surface area contributed by atoms with Gasteiger partial charge in [0, 0.05) is 30.5 Å². The van der Waals surface area contributed by atoms with E-state index in [9.17, 15) is 4.79 Å². The molecule has 1 aromatic heterocycles. The van der Waals surface area contributed by atoms with Crippen molar-refractivity contribution in [1.82, 2.24) is 9.47 Å². The van der Waals surface area contributed by atoms with Crippen LogP contribution in [-0.2, 0) is 6.54 Å². The van der Waals surface area contributed by atoms with Crippen molar-refractivity contribution in [1.29, 1.82) is 0 Å². The van der Waals surface area contributed by atoms with Gasteiger partial charge in [0.2, 0.25) is 0 Å². The molecule has 1 aromatic carbocycles. The number of nitrogens with zero attached hydrogens (tertiary/aromatic N) is 2. The van der Waals surface area contributed by atoms with Crippen molar-refractivity contribution < 1.29 is 4.79 Å². The van der Waals surface area contributed by atoms with Crippen LogP contribution in [0.1, 0.15) is 55.6 Å². The highest BCUT2D eigenvalue weighted by atomic mass is 16.2. The van der Waals surface area contributed by atoms with Crippen molar-refractivity contribution in [3.05, 3.63) is 35.5 Å². The molecular formula is C20H28N2O. The first-order chi connectivity index (χ1) is 11.1. The zero-order chi connectivity index (χ0) is 16.4. The number of fused-ring (bicyclic) bond motifs is 1. The maximum absolute atomic E-state index is 13.2. The van der Waals surface area contributed by atoms with Crippen LogP contribution in [-0.4, -0.2) is 28.5 Å². The second kappa shape index (κ2) is 6.77. The van der Waals surface area contributed by atoms with Gasteiger partial charge in [0.05, 0.1) is 0 Å². The van der Waals surface area contributed by atoms with Gasteiger partial charge in [0.1, 0.15) is 5.69 Å². The average molecular weight is 312 g/mol. The second-order valence-corrected chi connectivity index (χ2v) is 6.99. The molecule has 23 heavy (non-hydrogen) atoms. The summed E-state index contributed by atoms with van der Waals surface area (Å²) in [6.45, 7) is 9.28. The average Bonchev–Trinajstić information content (AvgIpc) is 2.85. The van der Waals surface area contributed by atoms with Crippen molar-refractivity contribution in [2.45, 2.75) is 53.0 Å². The van der Waals surface area contributed by atoms with Crippen molar-refractivity contribution in [3.8, 4) is 0 Å². The normalized spacial score (nSPS) is 18.6. The number of amides is 1. The lowest BCUT2D eigenvalue weighted by atomic mass is 10.00. The molecule has 0 bridgehead atoms. The molecule has 1 saturated heterocycles. The highest BCUT2D eigenvalue weighted by molar-refractivity contribution is 6.01. The monoisotopic (exact) mass is 312 g/mol. The Morgan fingerprint density at radius 1 is 1.30 bits per heavy atom. The van der Waals surface area contributed by atoms with E-state index in [0.29, 0.717) is 5.92 Å². The molecule has 1 unspecified atom stereocenters. The Morgan fingerprint density at radius 3 is 2.83 bits per heavy atom. The highest BCUT2D eigenvalue weighted by Crippen LogP contribution is 2.28. The SMILES string of the molecule is CCCCn1c(C(=O)N2CCCC(C)C2)c(C)c2ccccc21. The molecule has 0 aliphatic carbocycles. The Morgan fingerprint density at radius 2 is 2.09 bits per heavy atom. The number of piperidine rings is 1. The summed E-state index contributed by atoms with van der Waals surface area (Å²) < 4.78 is 2.26. The molecule has 3 heteroatoms. The quantitative estimate of drug-likeness (QED) is 0.808. The number of hydrogen-bond acceptors (Lipinski definition) is 1. The molecular weight excluding hydrogens is 284 g/mol. The van der Waals surface area contributed by atoms with Crippen LogP contribution in [0.5, 0.6) is 0 Å². The lowest BCUT2D eigenvalue weighted by molar-refractivity contribution is 0.0671. The summed E-state index contributed by atoms with van der Waals surface area (Å²) >= 11 is 0. The third-order valence-corrected chi connectivity index (χ3v) is 5.11. The molecule has 1 aliphatic heterocycles. The maximum Gasteiger partial charge on any atom is 0.270 e. The first-order valence-corrected chi connectivity index (χ1v) is 9.00. The van der Waals surface area contributed by atoms with Crippen LogP contribution in [0.4, 0.5) is 0 Å². The lowest BCUT2D eigenvalue weighted by Gasteiger charge is -2.31. The van der Waals surface area contributed by atoms with Crippen molar-refractivity contribution in [2.75, 3.05) is 13.1 Å². The summed E-state index contributed by atoms with van der Waals surface area (Å²) in [6, 6.07) is 8.43. The van der Waals surface area contributed by atoms with E-state index in [1.165, 1.54) is 17.3 Å². The highest BCUT2D eigenvalue weighted by Gasteiger charge is 2.27. The fraction of sp³-hybridized carbons (Fsp3) is 0.550. The van der Waals surface area contributed by atoms with Gasteiger partial charge in [-0.25, -0.2) is 0 Å². The molecule has 0 saturated carbocycles. The largest absolute Gasteiger partial charge is 0.337 e. The van der Waals surface area contributed by atoms with Gasteiger partial charge in [-0.2, -0.15) is 0 Å². The van der Waals surface area contributed by atoms with Gasteiger partial charge >= 0.3 is 0 Å². The number of likely N-dealkylation sites (tertiary alicyclic amines) is 1. The third-order valence-electron chi connectivity index (χ3n) is 5.11. The van der Waals surface area contributed by atoms with Gasteiger partial charge in [-0.3, -0.25) is 4.79 Å². The summed E-state index contributed by atoms with van der Waals surface area (Å²) in [5, 5.41) is 1.22. The van der Waals surface area contributed by atoms with Crippen LogP contribution in [0.3, 0.4) is 0 Å². The molecule has 3 rings (SSSR count). The number of para-hydroxylation sites is 1. The zero-order valence-electron chi connectivity index (χ0n) is 14.6. The number of aryl methyl sites for hydroxylation is 2. The number of benzene rings is 1. The minimum atomic E-state index is 0.223. The van der Waals surface area contributed by atoms with Gasteiger partial charge in [-0.05, 0) is 43.7 Å². The third kappa shape index (κ3) is 3.01. The van der Waals surface area contributed by atoms with E-state index in [0.717, 1.165) is 50.2 Å². The van der Waals surface area contributed by atoms with Gasteiger partial charge in [-0.15, -0.1) is 0 Å². The van der Waals surface area contributed by atoms with Gasteiger partial charge in [0.15, 0.2) is 0 Å². The molecule has 0 spiro atoms. The van der Waals surface area contributed by atoms with Crippen molar-refractivity contribution in [3.63, 3.8) is 0 Å². The summed E-state index contributed by atoms with van der Waals surface area (Å²) in [5.41, 5.74) is 3.25. The smallest absolute Gasteiger partial charge is 0.270 e. The Kier molecular flexibility index (Phi) is 4.74. The van der Waals surface area contributed by atoms with Crippen LogP contribution in [0.2, 0.25) is 0 Å². The van der Waals surface area contributed by atoms with Crippen LogP contribution in [0.15, 0.2) is 24.3 Å². The standard InChI is InChI=1S/C20H28N2O/c1-4-5-13-22-18-11-7-6-10-17(18)16(3)19(22)20(23)21-12-8-9-15(2)14-21/h6-7,10-11,15H,4-5,8-9,12-14H2,1-3H3. The number of carbonyl (C=O) groups is 1. The molecule has 124 valence electrons. The molecule has 2 heterocycles. The molecule has 1 amide bonds. The van der Waals surface area contributed by atoms with E-state index in [-0.39, 0.29) is 5.91 Å². The van der Waals surface area contributed by atoms with Crippen LogP contribution < -0.4 is 0 Å². The van der Waals surface area contributed by atoms with E-state index in [1.807, 2.05) is 0 Å². The van der Waals surface area contributed by atoms with Crippen LogP contribution in [0, 0.1) is 12.8 Å². The summed E-state index contributed by atoms with van der Waals surface area (Å²) in [4.78, 5) is 15.3. The van der Waals surface area contributed by atoms with Gasteiger partial charge in [-0.1, -0.05) is 38.5 Å². The molecule has 1 fully saturated rings. The molecule has 1 atom stereocenters. The molecule has 1 aliphatic rings. The maximum atomic E-state index is 13.2. The fourth-order valence-corrected chi connectivity index (χ4v) is 3.82. The first-order valence-electron chi connectivity index (χ1n) is 9.00. The summed E-state index contributed by atoms with van der Waals surface area (Å²) in [6.07, 6.45) is 4.61. The number of rotatable bonds is 4. The number of hydrogen-bond donors (Lipinski definition) is 0. The summed E-state index contributed by atoms with van der Waals surface area (Å²) in [5.74, 6) is 0.836. The predicted octanol–water partition coefficient (Wildman–Crippen LogP) is 4.62. The number of unbranched alkanes of at least 4 members (excludes halogenated alkanes) is 1. The van der Waals surface area contributed by atoms with Gasteiger partial charge < -0.3 is 9.47 Å². The van der Waals surface area contributed by atoms with E-state index in [2.05, 4.69) is 54.5 Å². The topological polar surface area (TPSA) is 25.2 Å². The molecule has 2 aromatic rings.